The first kappa shape index (κ1) is 31.4. The summed E-state index contributed by atoms with van der Waals surface area (Å²) in [5, 5.41) is 40.1. The number of carbonyl (C=O) groups is 1. The number of ether oxygens (including phenoxy) is 1. The van der Waals surface area contributed by atoms with Gasteiger partial charge in [-0.15, -0.1) is 0 Å². The Balaban J connectivity index is 1.32. The van der Waals surface area contributed by atoms with E-state index in [9.17, 15) is 25.2 Å². The van der Waals surface area contributed by atoms with Crippen LogP contribution in [0, 0.1) is 0 Å². The van der Waals surface area contributed by atoms with Crippen molar-refractivity contribution in [2.24, 2.45) is 16.5 Å². The molecule has 226 valence electrons. The van der Waals surface area contributed by atoms with Gasteiger partial charge in [-0.1, -0.05) is 37.6 Å². The molecule has 0 bridgehead atoms. The number of fused-ring (bicyclic) bond motifs is 1. The zero-order valence-corrected chi connectivity index (χ0v) is 24.1. The second-order valence-corrected chi connectivity index (χ2v) is 11.1. The van der Waals surface area contributed by atoms with Gasteiger partial charge in [-0.25, -0.2) is 0 Å². The highest BCUT2D eigenvalue weighted by molar-refractivity contribution is 5.87. The van der Waals surface area contributed by atoms with Gasteiger partial charge in [-0.2, -0.15) is 0 Å². The summed E-state index contributed by atoms with van der Waals surface area (Å²) in [5.74, 6) is 0.244. The van der Waals surface area contributed by atoms with Gasteiger partial charge in [-0.3, -0.25) is 9.79 Å². The van der Waals surface area contributed by atoms with Crippen LogP contribution in [0.15, 0.2) is 64.4 Å². The lowest BCUT2D eigenvalue weighted by Crippen LogP contribution is -2.22. The van der Waals surface area contributed by atoms with Crippen LogP contribution in [0.2, 0.25) is 0 Å². The third kappa shape index (κ3) is 8.27. The average molecular weight is 579 g/mol. The van der Waals surface area contributed by atoms with E-state index in [1.54, 1.807) is 18.2 Å². The second kappa shape index (κ2) is 14.6. The lowest BCUT2D eigenvalue weighted by Gasteiger charge is -2.18. The highest BCUT2D eigenvalue weighted by Gasteiger charge is 2.25. The molecule has 2 aromatic carbocycles. The number of aliphatic imine (C=N–C) groups is 1. The number of aliphatic hydroxyl groups is 3. The molecule has 10 heteroatoms. The van der Waals surface area contributed by atoms with Crippen molar-refractivity contribution in [3.05, 3.63) is 81.7 Å². The quantitative estimate of drug-likeness (QED) is 0.164. The van der Waals surface area contributed by atoms with Gasteiger partial charge in [0.05, 0.1) is 30.7 Å². The SMILES string of the molecule is CCCC(O)CC(O)CC(=O)CCc1ccc(O)c(OCN2C=C3N=CC(Cc4cc(C(N)N)ccc4CO)=C3C2)c1. The molecule has 0 fully saturated rings. The fourth-order valence-corrected chi connectivity index (χ4v) is 5.27. The molecule has 0 aromatic heterocycles. The Bertz CT molecular complexity index is 1350. The molecule has 2 heterocycles. The van der Waals surface area contributed by atoms with Crippen molar-refractivity contribution < 1.29 is 30.0 Å². The van der Waals surface area contributed by atoms with Gasteiger partial charge in [0.1, 0.15) is 5.78 Å². The number of phenolic OH excluding ortho intramolecular Hbond substituents is 1. The van der Waals surface area contributed by atoms with Gasteiger partial charge in [0.2, 0.25) is 0 Å². The van der Waals surface area contributed by atoms with Crippen LogP contribution < -0.4 is 16.2 Å². The standard InChI is InChI=1S/C32H42N4O6/c1-2-3-25(38)13-27(40)14-26(39)8-4-20-5-9-30(41)31(10-20)42-19-36-16-28-24(15-35-29(28)17-36)12-23-11-21(32(33)34)6-7-22(23)18-37/h5-7,9-11,15,17,25,27,32,37-38,40-41H,2-4,8,12-14,16,18-19,33-34H2,1H3. The molecule has 0 saturated carbocycles. The normalized spacial score (nSPS) is 15.8. The minimum atomic E-state index is -0.849. The molecule has 0 spiro atoms. The summed E-state index contributed by atoms with van der Waals surface area (Å²) in [6.45, 7) is 2.65. The number of hydrogen-bond donors (Lipinski definition) is 6. The molecule has 2 aliphatic rings. The van der Waals surface area contributed by atoms with Crippen molar-refractivity contribution in [2.45, 2.75) is 76.9 Å². The molecular weight excluding hydrogens is 536 g/mol. The van der Waals surface area contributed by atoms with Crippen molar-refractivity contribution in [1.82, 2.24) is 4.90 Å². The minimum Gasteiger partial charge on any atom is -0.504 e. The van der Waals surface area contributed by atoms with E-state index in [0.29, 0.717) is 31.6 Å². The van der Waals surface area contributed by atoms with E-state index in [1.165, 1.54) is 0 Å². The van der Waals surface area contributed by atoms with Crippen molar-refractivity contribution >= 4 is 12.0 Å². The summed E-state index contributed by atoms with van der Waals surface area (Å²) >= 11 is 0. The van der Waals surface area contributed by atoms with Crippen LogP contribution >= 0.6 is 0 Å². The maximum Gasteiger partial charge on any atom is 0.163 e. The van der Waals surface area contributed by atoms with E-state index in [2.05, 4.69) is 4.99 Å². The van der Waals surface area contributed by atoms with E-state index < -0.39 is 18.4 Å². The zero-order chi connectivity index (χ0) is 30.2. The Kier molecular flexibility index (Phi) is 10.9. The smallest absolute Gasteiger partial charge is 0.163 e. The Morgan fingerprint density at radius 2 is 1.93 bits per heavy atom. The van der Waals surface area contributed by atoms with Crippen LogP contribution in [0.3, 0.4) is 0 Å². The number of phenols is 1. The summed E-state index contributed by atoms with van der Waals surface area (Å²) in [4.78, 5) is 18.9. The fourth-order valence-electron chi connectivity index (χ4n) is 5.27. The molecule has 2 unspecified atom stereocenters. The van der Waals surface area contributed by atoms with Crippen LogP contribution in [-0.2, 0) is 24.2 Å². The zero-order valence-electron chi connectivity index (χ0n) is 24.1. The van der Waals surface area contributed by atoms with E-state index in [1.807, 2.05) is 42.4 Å². The number of aromatic hydroxyl groups is 1. The predicted molar refractivity (Wildman–Crippen MR) is 161 cm³/mol. The van der Waals surface area contributed by atoms with Gasteiger partial charge in [0.15, 0.2) is 18.2 Å². The molecule has 2 aliphatic heterocycles. The van der Waals surface area contributed by atoms with Crippen LogP contribution in [0.1, 0.15) is 67.4 Å². The summed E-state index contributed by atoms with van der Waals surface area (Å²) in [7, 11) is 0. The number of nitrogens with zero attached hydrogens (tertiary/aromatic N) is 2. The molecule has 42 heavy (non-hydrogen) atoms. The molecular formula is C32H42N4O6. The topological polar surface area (TPSA) is 175 Å². The summed E-state index contributed by atoms with van der Waals surface area (Å²) in [5.41, 5.74) is 18.1. The van der Waals surface area contributed by atoms with E-state index >= 15 is 0 Å². The van der Waals surface area contributed by atoms with Crippen molar-refractivity contribution in [3.63, 3.8) is 0 Å². The number of carbonyl (C=O) groups excluding carboxylic acids is 1. The Labute approximate surface area is 246 Å². The lowest BCUT2D eigenvalue weighted by atomic mass is 9.95. The Morgan fingerprint density at radius 1 is 1.12 bits per heavy atom. The number of nitrogens with two attached hydrogens (primary N) is 2. The number of aliphatic hydroxyl groups excluding tert-OH is 3. The monoisotopic (exact) mass is 578 g/mol. The molecule has 0 amide bonds. The second-order valence-electron chi connectivity index (χ2n) is 11.1. The predicted octanol–water partition coefficient (Wildman–Crippen LogP) is 2.72. The maximum absolute atomic E-state index is 12.4. The minimum absolute atomic E-state index is 0.00454. The first-order chi connectivity index (χ1) is 20.2. The van der Waals surface area contributed by atoms with Gasteiger partial charge >= 0.3 is 0 Å². The number of Topliss-reactive ketones (excluding diaryl/α,β-unsaturated/α-hetero) is 1. The van der Waals surface area contributed by atoms with Gasteiger partial charge in [0.25, 0.3) is 0 Å². The van der Waals surface area contributed by atoms with Crippen molar-refractivity contribution in [3.8, 4) is 11.5 Å². The van der Waals surface area contributed by atoms with Crippen LogP contribution in [0.4, 0.5) is 0 Å². The summed E-state index contributed by atoms with van der Waals surface area (Å²) in [6, 6.07) is 10.6. The number of allylic oxidation sites excluding steroid dienone is 1. The molecule has 8 N–H and O–H groups in total. The molecule has 0 saturated heterocycles. The molecule has 4 rings (SSSR count). The largest absolute Gasteiger partial charge is 0.504 e. The van der Waals surface area contributed by atoms with Crippen LogP contribution in [-0.4, -0.2) is 62.8 Å². The first-order valence-electron chi connectivity index (χ1n) is 14.4. The number of hydrogen-bond acceptors (Lipinski definition) is 10. The van der Waals surface area contributed by atoms with Gasteiger partial charge < -0.3 is 41.5 Å². The summed E-state index contributed by atoms with van der Waals surface area (Å²) in [6.07, 6.45) is 4.64. The van der Waals surface area contributed by atoms with E-state index in [-0.39, 0.29) is 44.1 Å². The third-order valence-electron chi connectivity index (χ3n) is 7.62. The fraction of sp³-hybridized carbons (Fsp3) is 0.438. The average Bonchev–Trinajstić information content (AvgIpc) is 3.53. The molecule has 10 nitrogen and oxygen atoms in total. The number of benzene rings is 2. The molecule has 2 atom stereocenters. The highest BCUT2D eigenvalue weighted by Crippen LogP contribution is 2.33. The van der Waals surface area contributed by atoms with Crippen LogP contribution in [0.25, 0.3) is 0 Å². The van der Waals surface area contributed by atoms with Crippen LogP contribution in [0.5, 0.6) is 11.5 Å². The highest BCUT2D eigenvalue weighted by atomic mass is 16.5. The first-order valence-corrected chi connectivity index (χ1v) is 14.4. The van der Waals surface area contributed by atoms with E-state index in [0.717, 1.165) is 45.5 Å². The van der Waals surface area contributed by atoms with E-state index in [4.69, 9.17) is 16.2 Å². The number of ketones is 1. The van der Waals surface area contributed by atoms with Crippen molar-refractivity contribution in [1.29, 1.82) is 0 Å². The Morgan fingerprint density at radius 3 is 2.67 bits per heavy atom. The van der Waals surface area contributed by atoms with Gasteiger partial charge in [0, 0.05) is 37.4 Å². The molecule has 0 aliphatic carbocycles. The number of aryl methyl sites for hydroxylation is 1. The van der Waals surface area contributed by atoms with Crippen molar-refractivity contribution in [2.75, 3.05) is 13.3 Å². The number of rotatable bonds is 16. The maximum atomic E-state index is 12.4. The molecule has 2 aromatic rings. The molecule has 0 radical (unpaired) electrons. The summed E-state index contributed by atoms with van der Waals surface area (Å²) < 4.78 is 5.94. The lowest BCUT2D eigenvalue weighted by molar-refractivity contribution is -0.121. The third-order valence-corrected chi connectivity index (χ3v) is 7.62. The van der Waals surface area contributed by atoms with Gasteiger partial charge in [-0.05, 0) is 65.6 Å². The Hall–Kier alpha value is -3.54.